The molecule has 0 saturated carbocycles. The molecule has 1 N–H and O–H groups in total. The van der Waals surface area contributed by atoms with Crippen LogP contribution in [0.1, 0.15) is 22.3 Å². The predicted molar refractivity (Wildman–Crippen MR) is 158 cm³/mol. The highest BCUT2D eigenvalue weighted by molar-refractivity contribution is 7.99. The molecule has 1 fully saturated rings. The van der Waals surface area contributed by atoms with Crippen LogP contribution in [0.3, 0.4) is 0 Å². The number of hydrogen-bond donors (Lipinski definition) is 1. The summed E-state index contributed by atoms with van der Waals surface area (Å²) in [6.07, 6.45) is -2.52. The molecule has 5 rings (SSSR count). The lowest BCUT2D eigenvalue weighted by molar-refractivity contribution is -0.243. The van der Waals surface area contributed by atoms with Crippen molar-refractivity contribution in [3.05, 3.63) is 138 Å². The van der Waals surface area contributed by atoms with Crippen molar-refractivity contribution in [2.24, 2.45) is 0 Å². The molecule has 0 radical (unpaired) electrons. The van der Waals surface area contributed by atoms with Crippen molar-refractivity contribution in [2.45, 2.75) is 61.5 Å². The minimum absolute atomic E-state index is 0.303. The highest BCUT2D eigenvalue weighted by Crippen LogP contribution is 2.36. The lowest BCUT2D eigenvalue weighted by Gasteiger charge is -2.44. The molecule has 0 aliphatic carbocycles. The molecule has 0 bridgehead atoms. The third-order valence-corrected chi connectivity index (χ3v) is 8.02. The first-order chi connectivity index (χ1) is 19.7. The van der Waals surface area contributed by atoms with E-state index in [9.17, 15) is 5.11 Å². The summed E-state index contributed by atoms with van der Waals surface area (Å²) in [5.41, 5.74) is 3.79. The first kappa shape index (κ1) is 28.6. The standard InChI is InChI=1S/C34H36O5S/c1-25-17-19-29(20-18-25)40-34-31(35)33(38-23-28-15-9-4-10-16-28)32(37-22-27-13-7-3-8-14-27)30(39-34)24-36-21-26-11-5-2-6-12-26/h2-20,30-35H,21-24H2,1H3/t30-,31+,32-,33-,34?/m1/s1. The zero-order chi connectivity index (χ0) is 27.6. The fourth-order valence-corrected chi connectivity index (χ4v) is 5.72. The van der Waals surface area contributed by atoms with Crippen LogP contribution < -0.4 is 0 Å². The molecular formula is C34H36O5S. The molecule has 1 aliphatic heterocycles. The summed E-state index contributed by atoms with van der Waals surface area (Å²) in [6, 6.07) is 38.3. The summed E-state index contributed by atoms with van der Waals surface area (Å²) >= 11 is 1.49. The molecule has 0 aromatic heterocycles. The summed E-state index contributed by atoms with van der Waals surface area (Å²) in [5.74, 6) is 0. The Kier molecular flexibility index (Phi) is 10.4. The molecule has 0 amide bonds. The Morgan fingerprint density at radius 1 is 0.650 bits per heavy atom. The Labute approximate surface area is 241 Å². The summed E-state index contributed by atoms with van der Waals surface area (Å²) in [4.78, 5) is 1.02. The number of thioether (sulfide) groups is 1. The summed E-state index contributed by atoms with van der Waals surface area (Å²) in [7, 11) is 0. The van der Waals surface area contributed by atoms with Gasteiger partial charge in [0.25, 0.3) is 0 Å². The van der Waals surface area contributed by atoms with E-state index in [4.69, 9.17) is 18.9 Å². The van der Waals surface area contributed by atoms with Crippen LogP contribution >= 0.6 is 11.8 Å². The van der Waals surface area contributed by atoms with Crippen molar-refractivity contribution in [3.63, 3.8) is 0 Å². The van der Waals surface area contributed by atoms with E-state index >= 15 is 0 Å². The van der Waals surface area contributed by atoms with E-state index in [1.807, 2.05) is 91.0 Å². The predicted octanol–water partition coefficient (Wildman–Crippen LogP) is 6.56. The molecule has 6 heteroatoms. The molecule has 1 unspecified atom stereocenters. The van der Waals surface area contributed by atoms with Gasteiger partial charge >= 0.3 is 0 Å². The van der Waals surface area contributed by atoms with E-state index in [0.29, 0.717) is 26.4 Å². The quantitative estimate of drug-likeness (QED) is 0.213. The van der Waals surface area contributed by atoms with Crippen molar-refractivity contribution in [2.75, 3.05) is 6.61 Å². The third kappa shape index (κ3) is 8.04. The van der Waals surface area contributed by atoms with Gasteiger partial charge in [0, 0.05) is 4.90 Å². The number of benzene rings is 4. The van der Waals surface area contributed by atoms with E-state index < -0.39 is 29.9 Å². The second-order valence-corrected chi connectivity index (χ2v) is 11.2. The number of aryl methyl sites for hydroxylation is 1. The van der Waals surface area contributed by atoms with Crippen molar-refractivity contribution in [1.29, 1.82) is 0 Å². The monoisotopic (exact) mass is 556 g/mol. The van der Waals surface area contributed by atoms with E-state index in [1.54, 1.807) is 0 Å². The van der Waals surface area contributed by atoms with Gasteiger partial charge in [-0.2, -0.15) is 0 Å². The minimum Gasteiger partial charge on any atom is -0.387 e. The largest absolute Gasteiger partial charge is 0.387 e. The van der Waals surface area contributed by atoms with Crippen LogP contribution in [0.5, 0.6) is 0 Å². The molecule has 5 atom stereocenters. The van der Waals surface area contributed by atoms with E-state index in [2.05, 4.69) is 31.2 Å². The topological polar surface area (TPSA) is 57.2 Å². The zero-order valence-corrected chi connectivity index (χ0v) is 23.5. The number of hydrogen-bond acceptors (Lipinski definition) is 6. The second-order valence-electron chi connectivity index (χ2n) is 9.99. The van der Waals surface area contributed by atoms with Crippen molar-refractivity contribution in [3.8, 4) is 0 Å². The summed E-state index contributed by atoms with van der Waals surface area (Å²) in [5, 5.41) is 11.6. The van der Waals surface area contributed by atoms with Crippen LogP contribution in [0.25, 0.3) is 0 Å². The third-order valence-electron chi connectivity index (χ3n) is 6.85. The van der Waals surface area contributed by atoms with Gasteiger partial charge in [-0.05, 0) is 35.7 Å². The Balaban J connectivity index is 1.37. The lowest BCUT2D eigenvalue weighted by Crippen LogP contribution is -2.59. The minimum atomic E-state index is -0.916. The maximum atomic E-state index is 11.6. The molecule has 4 aromatic carbocycles. The molecule has 0 spiro atoms. The Morgan fingerprint density at radius 3 is 1.70 bits per heavy atom. The van der Waals surface area contributed by atoms with Crippen LogP contribution in [0.2, 0.25) is 0 Å². The number of ether oxygens (including phenoxy) is 4. The normalized spacial score (nSPS) is 22.7. The zero-order valence-electron chi connectivity index (χ0n) is 22.7. The summed E-state index contributed by atoms with van der Waals surface area (Å²) in [6.45, 7) is 3.55. The Bertz CT molecular complexity index is 1270. The smallest absolute Gasteiger partial charge is 0.136 e. The molecule has 208 valence electrons. The highest BCUT2D eigenvalue weighted by atomic mass is 32.2. The van der Waals surface area contributed by atoms with Gasteiger partial charge in [-0.3, -0.25) is 0 Å². The molecule has 4 aromatic rings. The van der Waals surface area contributed by atoms with Crippen LogP contribution in [0, 0.1) is 6.92 Å². The van der Waals surface area contributed by atoms with Crippen molar-refractivity contribution in [1.82, 2.24) is 0 Å². The highest BCUT2D eigenvalue weighted by Gasteiger charge is 2.47. The molecule has 1 heterocycles. The average molecular weight is 557 g/mol. The first-order valence-corrected chi connectivity index (χ1v) is 14.5. The molecule has 40 heavy (non-hydrogen) atoms. The van der Waals surface area contributed by atoms with Gasteiger partial charge in [0.2, 0.25) is 0 Å². The van der Waals surface area contributed by atoms with Gasteiger partial charge in [-0.15, -0.1) is 0 Å². The van der Waals surface area contributed by atoms with E-state index in [-0.39, 0.29) is 0 Å². The van der Waals surface area contributed by atoms with Crippen LogP contribution in [0.15, 0.2) is 120 Å². The van der Waals surface area contributed by atoms with Crippen LogP contribution in [-0.4, -0.2) is 41.6 Å². The second kappa shape index (κ2) is 14.6. The number of aliphatic hydroxyl groups is 1. The fourth-order valence-electron chi connectivity index (χ4n) is 4.67. The van der Waals surface area contributed by atoms with Gasteiger partial charge in [-0.25, -0.2) is 0 Å². The van der Waals surface area contributed by atoms with Gasteiger partial charge in [0.1, 0.15) is 29.9 Å². The lowest BCUT2D eigenvalue weighted by atomic mass is 9.99. The first-order valence-electron chi connectivity index (χ1n) is 13.7. The number of aliphatic hydroxyl groups excluding tert-OH is 1. The molecule has 1 aliphatic rings. The molecule has 1 saturated heterocycles. The Morgan fingerprint density at radius 2 is 1.15 bits per heavy atom. The van der Waals surface area contributed by atoms with Crippen LogP contribution in [-0.2, 0) is 38.8 Å². The van der Waals surface area contributed by atoms with Gasteiger partial charge in [0.15, 0.2) is 0 Å². The van der Waals surface area contributed by atoms with Crippen molar-refractivity contribution >= 4 is 11.8 Å². The molecular weight excluding hydrogens is 520 g/mol. The molecule has 5 nitrogen and oxygen atoms in total. The van der Waals surface area contributed by atoms with E-state index in [1.165, 1.54) is 17.3 Å². The number of rotatable bonds is 12. The maximum absolute atomic E-state index is 11.6. The van der Waals surface area contributed by atoms with Gasteiger partial charge in [0.05, 0.1) is 26.4 Å². The van der Waals surface area contributed by atoms with Crippen molar-refractivity contribution < 1.29 is 24.1 Å². The SMILES string of the molecule is Cc1ccc(SC2O[C@H](COCc3ccccc3)[C@@H](OCc3ccccc3)[C@H](OCc3ccccc3)[C@@H]2O)cc1. The van der Waals surface area contributed by atoms with Gasteiger partial charge in [-0.1, -0.05) is 120 Å². The fraction of sp³-hybridized carbons (Fsp3) is 0.294. The maximum Gasteiger partial charge on any atom is 0.136 e. The summed E-state index contributed by atoms with van der Waals surface area (Å²) < 4.78 is 25.6. The Hall–Kier alpha value is -2.97. The van der Waals surface area contributed by atoms with E-state index in [0.717, 1.165) is 21.6 Å². The average Bonchev–Trinajstić information content (AvgIpc) is 3.00. The van der Waals surface area contributed by atoms with Crippen LogP contribution in [0.4, 0.5) is 0 Å². The van der Waals surface area contributed by atoms with Gasteiger partial charge < -0.3 is 24.1 Å².